The Labute approximate surface area is 128 Å². The fourth-order valence-electron chi connectivity index (χ4n) is 2.21. The molecule has 4 heteroatoms. The van der Waals surface area contributed by atoms with E-state index in [9.17, 15) is 5.26 Å². The first-order valence-electron chi connectivity index (χ1n) is 7.53. The summed E-state index contributed by atoms with van der Waals surface area (Å²) in [6.45, 7) is 9.25. The number of nitrogens with zero attached hydrogens (tertiary/aromatic N) is 1. The van der Waals surface area contributed by atoms with Crippen molar-refractivity contribution in [3.05, 3.63) is 24.3 Å². The molecule has 0 saturated carbocycles. The van der Waals surface area contributed by atoms with Gasteiger partial charge in [-0.1, -0.05) is 0 Å². The van der Waals surface area contributed by atoms with Gasteiger partial charge in [-0.2, -0.15) is 5.26 Å². The lowest BCUT2D eigenvalue weighted by Crippen LogP contribution is -2.45. The van der Waals surface area contributed by atoms with E-state index in [4.69, 9.17) is 9.47 Å². The van der Waals surface area contributed by atoms with Crippen LogP contribution in [0.3, 0.4) is 0 Å². The minimum atomic E-state index is -0.490. The number of benzene rings is 1. The molecule has 0 aliphatic rings. The molecule has 0 spiro atoms. The Morgan fingerprint density at radius 2 is 1.76 bits per heavy atom. The van der Waals surface area contributed by atoms with Gasteiger partial charge in [0, 0.05) is 6.04 Å². The number of hydrogen-bond donors (Lipinski definition) is 1. The van der Waals surface area contributed by atoms with Crippen molar-refractivity contribution in [3.63, 3.8) is 0 Å². The molecule has 1 N–H and O–H groups in total. The molecule has 4 nitrogen and oxygen atoms in total. The molecule has 1 unspecified atom stereocenters. The van der Waals surface area contributed by atoms with Gasteiger partial charge in [-0.05, 0) is 64.8 Å². The zero-order valence-electron chi connectivity index (χ0n) is 13.5. The summed E-state index contributed by atoms with van der Waals surface area (Å²) in [4.78, 5) is 0. The first-order valence-corrected chi connectivity index (χ1v) is 7.53. The first-order chi connectivity index (χ1) is 9.99. The van der Waals surface area contributed by atoms with Crippen molar-refractivity contribution in [1.29, 1.82) is 5.26 Å². The maximum absolute atomic E-state index is 9.26. The highest BCUT2D eigenvalue weighted by atomic mass is 16.5. The predicted octanol–water partition coefficient (Wildman–Crippen LogP) is 3.52. The first kappa shape index (κ1) is 17.3. The van der Waals surface area contributed by atoms with E-state index in [0.29, 0.717) is 19.3 Å². The summed E-state index contributed by atoms with van der Waals surface area (Å²) in [7, 11) is 0. The van der Waals surface area contributed by atoms with E-state index in [1.165, 1.54) is 0 Å². The van der Waals surface area contributed by atoms with Gasteiger partial charge in [0.05, 0.1) is 19.3 Å². The molecule has 0 heterocycles. The summed E-state index contributed by atoms with van der Waals surface area (Å²) in [5.41, 5.74) is -0.490. The molecule has 1 aromatic carbocycles. The zero-order valence-corrected chi connectivity index (χ0v) is 13.5. The van der Waals surface area contributed by atoms with E-state index in [-0.39, 0.29) is 0 Å². The van der Waals surface area contributed by atoms with Gasteiger partial charge in [0.15, 0.2) is 0 Å². The molecule has 0 fully saturated rings. The Hall–Kier alpha value is -1.73. The largest absolute Gasteiger partial charge is 0.494 e. The van der Waals surface area contributed by atoms with E-state index >= 15 is 0 Å². The molecule has 1 atom stereocenters. The number of ether oxygens (including phenoxy) is 2. The van der Waals surface area contributed by atoms with E-state index in [0.717, 1.165) is 24.3 Å². The van der Waals surface area contributed by atoms with Gasteiger partial charge in [-0.3, -0.25) is 5.32 Å². The Bertz CT molecular complexity index is 451. The lowest BCUT2D eigenvalue weighted by atomic mass is 9.97. The van der Waals surface area contributed by atoms with Crippen molar-refractivity contribution in [2.24, 2.45) is 0 Å². The van der Waals surface area contributed by atoms with E-state index in [1.807, 2.05) is 52.0 Å². The third-order valence-corrected chi connectivity index (χ3v) is 3.08. The summed E-state index contributed by atoms with van der Waals surface area (Å²) < 4.78 is 11.1. The lowest BCUT2D eigenvalue weighted by Gasteiger charge is -2.25. The van der Waals surface area contributed by atoms with Gasteiger partial charge < -0.3 is 9.47 Å². The smallest absolute Gasteiger partial charge is 0.119 e. The van der Waals surface area contributed by atoms with Crippen LogP contribution in [0, 0.1) is 11.3 Å². The van der Waals surface area contributed by atoms with Crippen LogP contribution in [0.1, 0.15) is 40.5 Å². The zero-order chi connectivity index (χ0) is 15.7. The molecule has 1 rings (SSSR count). The van der Waals surface area contributed by atoms with Crippen molar-refractivity contribution < 1.29 is 9.47 Å². The number of rotatable bonds is 9. The quantitative estimate of drug-likeness (QED) is 0.707. The standard InChI is InChI=1S/C17H26N2O2/c1-5-20-15-7-9-16(10-8-15)21-12-6-11-17(4,13-18)19-14(2)3/h7-10,14,19H,5-6,11-12H2,1-4H3. The molecule has 0 aliphatic carbocycles. The van der Waals surface area contributed by atoms with Gasteiger partial charge in [-0.15, -0.1) is 0 Å². The van der Waals surface area contributed by atoms with Crippen LogP contribution >= 0.6 is 0 Å². The highest BCUT2D eigenvalue weighted by Crippen LogP contribution is 2.18. The third-order valence-electron chi connectivity index (χ3n) is 3.08. The SMILES string of the molecule is CCOc1ccc(OCCCC(C)(C#N)NC(C)C)cc1. The summed E-state index contributed by atoms with van der Waals surface area (Å²) in [6.07, 6.45) is 1.59. The molecule has 0 bridgehead atoms. The molecule has 0 radical (unpaired) electrons. The summed E-state index contributed by atoms with van der Waals surface area (Å²) >= 11 is 0. The van der Waals surface area contributed by atoms with Gasteiger partial charge in [-0.25, -0.2) is 0 Å². The Balaban J connectivity index is 2.34. The van der Waals surface area contributed by atoms with Crippen molar-refractivity contribution in [2.45, 2.75) is 52.1 Å². The second-order valence-electron chi connectivity index (χ2n) is 5.60. The average molecular weight is 290 g/mol. The van der Waals surface area contributed by atoms with Crippen molar-refractivity contribution in [1.82, 2.24) is 5.32 Å². The maximum atomic E-state index is 9.26. The third kappa shape index (κ3) is 6.50. The van der Waals surface area contributed by atoms with Gasteiger partial charge in [0.2, 0.25) is 0 Å². The van der Waals surface area contributed by atoms with Crippen LogP contribution in [-0.4, -0.2) is 24.8 Å². The lowest BCUT2D eigenvalue weighted by molar-refractivity contribution is 0.279. The normalized spacial score (nSPS) is 13.5. The summed E-state index contributed by atoms with van der Waals surface area (Å²) in [5, 5.41) is 12.6. The molecule has 0 saturated heterocycles. The van der Waals surface area contributed by atoms with Crippen LogP contribution in [0.4, 0.5) is 0 Å². The minimum Gasteiger partial charge on any atom is -0.494 e. The van der Waals surface area contributed by atoms with E-state index < -0.39 is 5.54 Å². The number of hydrogen-bond acceptors (Lipinski definition) is 4. The molecule has 21 heavy (non-hydrogen) atoms. The van der Waals surface area contributed by atoms with Crippen LogP contribution in [0.25, 0.3) is 0 Å². The molecule has 0 aromatic heterocycles. The Kier molecular flexibility index (Phi) is 7.04. The molecule has 1 aromatic rings. The van der Waals surface area contributed by atoms with Crippen molar-refractivity contribution in [2.75, 3.05) is 13.2 Å². The van der Waals surface area contributed by atoms with Gasteiger partial charge in [0.1, 0.15) is 17.0 Å². The van der Waals surface area contributed by atoms with E-state index in [1.54, 1.807) is 0 Å². The van der Waals surface area contributed by atoms with Crippen LogP contribution in [0.2, 0.25) is 0 Å². The van der Waals surface area contributed by atoms with E-state index in [2.05, 4.69) is 11.4 Å². The van der Waals surface area contributed by atoms with Crippen molar-refractivity contribution >= 4 is 0 Å². The van der Waals surface area contributed by atoms with Crippen molar-refractivity contribution in [3.8, 4) is 17.6 Å². The Morgan fingerprint density at radius 1 is 1.19 bits per heavy atom. The molecule has 116 valence electrons. The highest BCUT2D eigenvalue weighted by Gasteiger charge is 2.23. The summed E-state index contributed by atoms with van der Waals surface area (Å²) in [6, 6.07) is 10.2. The van der Waals surface area contributed by atoms with Gasteiger partial charge in [0.25, 0.3) is 0 Å². The average Bonchev–Trinajstić information content (AvgIpc) is 2.45. The monoisotopic (exact) mass is 290 g/mol. The molecule has 0 aliphatic heterocycles. The number of nitriles is 1. The fourth-order valence-corrected chi connectivity index (χ4v) is 2.21. The minimum absolute atomic E-state index is 0.293. The second-order valence-corrected chi connectivity index (χ2v) is 5.60. The Morgan fingerprint density at radius 3 is 2.24 bits per heavy atom. The van der Waals surface area contributed by atoms with Gasteiger partial charge >= 0.3 is 0 Å². The van der Waals surface area contributed by atoms with Crippen LogP contribution in [0.15, 0.2) is 24.3 Å². The molecule has 0 amide bonds. The van der Waals surface area contributed by atoms with Crippen LogP contribution in [0.5, 0.6) is 11.5 Å². The summed E-state index contributed by atoms with van der Waals surface area (Å²) in [5.74, 6) is 1.68. The molecular formula is C17H26N2O2. The molecular weight excluding hydrogens is 264 g/mol. The fraction of sp³-hybridized carbons (Fsp3) is 0.588. The second kappa shape index (κ2) is 8.53. The number of nitrogens with one attached hydrogen (secondary N) is 1. The highest BCUT2D eigenvalue weighted by molar-refractivity contribution is 5.31. The topological polar surface area (TPSA) is 54.3 Å². The maximum Gasteiger partial charge on any atom is 0.119 e. The van der Waals surface area contributed by atoms with Crippen LogP contribution in [-0.2, 0) is 0 Å². The predicted molar refractivity (Wildman–Crippen MR) is 84.6 cm³/mol. The van der Waals surface area contributed by atoms with Crippen LogP contribution < -0.4 is 14.8 Å².